The molecule has 1 heterocycles. The summed E-state index contributed by atoms with van der Waals surface area (Å²) in [6, 6.07) is 9.34. The number of amides is 3. The Morgan fingerprint density at radius 3 is 2.26 bits per heavy atom. The van der Waals surface area contributed by atoms with Gasteiger partial charge in [0.05, 0.1) is 0 Å². The second-order valence-corrected chi connectivity index (χ2v) is 5.41. The highest BCUT2D eigenvalue weighted by Gasteiger charge is 2.56. The first-order valence-corrected chi connectivity index (χ1v) is 6.84. The van der Waals surface area contributed by atoms with Crippen molar-refractivity contribution in [3.05, 3.63) is 30.3 Å². The molecular formula is C15H18N2O2. The summed E-state index contributed by atoms with van der Waals surface area (Å²) in [6.07, 6.45) is 4.72. The number of benzene rings is 1. The number of likely N-dealkylation sites (N-methyl/N-ethyl adjacent to an activating group) is 1. The van der Waals surface area contributed by atoms with E-state index in [1.54, 1.807) is 11.9 Å². The van der Waals surface area contributed by atoms with E-state index in [2.05, 4.69) is 0 Å². The summed E-state index contributed by atoms with van der Waals surface area (Å²) in [6.45, 7) is 0. The fourth-order valence-corrected chi connectivity index (χ4v) is 3.34. The molecule has 3 amide bonds. The predicted molar refractivity (Wildman–Crippen MR) is 72.9 cm³/mol. The normalized spacial score (nSPS) is 22.4. The third-order valence-electron chi connectivity index (χ3n) is 4.30. The Hall–Kier alpha value is -1.84. The summed E-state index contributed by atoms with van der Waals surface area (Å²) in [7, 11) is 1.59. The van der Waals surface area contributed by atoms with E-state index in [4.69, 9.17) is 0 Å². The van der Waals surface area contributed by atoms with Gasteiger partial charge < -0.3 is 0 Å². The van der Waals surface area contributed by atoms with E-state index in [0.717, 1.165) is 37.8 Å². The molecule has 100 valence electrons. The molecule has 2 aliphatic rings. The third kappa shape index (κ3) is 1.66. The Morgan fingerprint density at radius 1 is 1.00 bits per heavy atom. The summed E-state index contributed by atoms with van der Waals surface area (Å²) in [5.41, 5.74) is 0.193. The van der Waals surface area contributed by atoms with Gasteiger partial charge in [0.25, 0.3) is 5.91 Å². The molecule has 0 unspecified atom stereocenters. The van der Waals surface area contributed by atoms with Crippen molar-refractivity contribution < 1.29 is 9.59 Å². The lowest BCUT2D eigenvalue weighted by Gasteiger charge is -2.38. The Kier molecular flexibility index (Phi) is 2.81. The molecule has 0 atom stereocenters. The standard InChI is InChI=1S/C15H18N2O2/c1-16-13(18)15(10-6-3-7-11-15)17(14(16)19)12-8-4-2-5-9-12/h2,4-5,8-9H,3,6-7,10-11H2,1H3. The second-order valence-electron chi connectivity index (χ2n) is 5.41. The lowest BCUT2D eigenvalue weighted by molar-refractivity contribution is -0.130. The maximum atomic E-state index is 12.5. The quantitative estimate of drug-likeness (QED) is 0.727. The largest absolute Gasteiger partial charge is 0.331 e. The van der Waals surface area contributed by atoms with Crippen molar-refractivity contribution in [1.29, 1.82) is 0 Å². The lowest BCUT2D eigenvalue weighted by Crippen LogP contribution is -2.51. The van der Waals surface area contributed by atoms with Crippen molar-refractivity contribution in [2.75, 3.05) is 11.9 Å². The number of para-hydroxylation sites is 1. The smallest absolute Gasteiger partial charge is 0.279 e. The molecule has 4 nitrogen and oxygen atoms in total. The van der Waals surface area contributed by atoms with Gasteiger partial charge in [0.1, 0.15) is 5.54 Å². The number of carbonyl (C=O) groups is 2. The molecule has 1 spiro atoms. The van der Waals surface area contributed by atoms with E-state index in [9.17, 15) is 9.59 Å². The minimum atomic E-state index is -0.633. The zero-order chi connectivity index (χ0) is 13.5. The minimum Gasteiger partial charge on any atom is -0.279 e. The number of carbonyl (C=O) groups excluding carboxylic acids is 2. The van der Waals surface area contributed by atoms with Crippen molar-refractivity contribution in [2.24, 2.45) is 0 Å². The number of imide groups is 1. The molecule has 1 aromatic rings. The number of rotatable bonds is 1. The highest BCUT2D eigenvalue weighted by atomic mass is 16.2. The number of anilines is 1. The molecule has 4 heteroatoms. The van der Waals surface area contributed by atoms with Crippen molar-refractivity contribution in [1.82, 2.24) is 4.90 Å². The molecule has 2 fully saturated rings. The molecule has 0 bridgehead atoms. The van der Waals surface area contributed by atoms with Crippen LogP contribution in [-0.4, -0.2) is 29.4 Å². The van der Waals surface area contributed by atoms with E-state index in [-0.39, 0.29) is 11.9 Å². The molecule has 1 aliphatic carbocycles. The van der Waals surface area contributed by atoms with E-state index in [0.29, 0.717) is 0 Å². The first-order valence-electron chi connectivity index (χ1n) is 6.84. The van der Waals surface area contributed by atoms with Crippen molar-refractivity contribution in [3.8, 4) is 0 Å². The van der Waals surface area contributed by atoms with Crippen LogP contribution in [0.5, 0.6) is 0 Å². The topological polar surface area (TPSA) is 40.6 Å². The van der Waals surface area contributed by atoms with Gasteiger partial charge in [-0.25, -0.2) is 4.79 Å². The van der Waals surface area contributed by atoms with Gasteiger partial charge in [-0.2, -0.15) is 0 Å². The average molecular weight is 258 g/mol. The van der Waals surface area contributed by atoms with Crippen molar-refractivity contribution >= 4 is 17.6 Å². The van der Waals surface area contributed by atoms with Crippen LogP contribution in [0.1, 0.15) is 32.1 Å². The van der Waals surface area contributed by atoms with Gasteiger partial charge in [0, 0.05) is 12.7 Å². The van der Waals surface area contributed by atoms with Crippen LogP contribution in [0.4, 0.5) is 10.5 Å². The summed E-state index contributed by atoms with van der Waals surface area (Å²) in [5.74, 6) is -0.0407. The van der Waals surface area contributed by atoms with Crippen LogP contribution in [0.2, 0.25) is 0 Å². The molecule has 3 rings (SSSR count). The van der Waals surface area contributed by atoms with Gasteiger partial charge in [-0.15, -0.1) is 0 Å². The van der Waals surface area contributed by atoms with E-state index >= 15 is 0 Å². The van der Waals surface area contributed by atoms with Crippen LogP contribution in [0.15, 0.2) is 30.3 Å². The SMILES string of the molecule is CN1C(=O)N(c2ccccc2)C2(CCCCC2)C1=O. The molecule has 1 saturated carbocycles. The maximum Gasteiger partial charge on any atom is 0.331 e. The lowest BCUT2D eigenvalue weighted by atomic mass is 9.80. The Balaban J connectivity index is 2.08. The Morgan fingerprint density at radius 2 is 1.63 bits per heavy atom. The Labute approximate surface area is 113 Å². The minimum absolute atomic E-state index is 0.0407. The molecular weight excluding hydrogens is 240 g/mol. The zero-order valence-electron chi connectivity index (χ0n) is 11.1. The summed E-state index contributed by atoms with van der Waals surface area (Å²) in [4.78, 5) is 28.0. The van der Waals surface area contributed by atoms with Crippen LogP contribution in [0, 0.1) is 0 Å². The summed E-state index contributed by atoms with van der Waals surface area (Å²) in [5, 5.41) is 0. The number of nitrogens with zero attached hydrogens (tertiary/aromatic N) is 2. The van der Waals surface area contributed by atoms with Crippen molar-refractivity contribution in [2.45, 2.75) is 37.6 Å². The van der Waals surface area contributed by atoms with Crippen LogP contribution in [0.25, 0.3) is 0 Å². The first kappa shape index (κ1) is 12.2. The van der Waals surface area contributed by atoms with Crippen LogP contribution in [-0.2, 0) is 4.79 Å². The molecule has 1 aromatic carbocycles. The highest BCUT2D eigenvalue weighted by molar-refractivity contribution is 6.16. The van der Waals surface area contributed by atoms with Crippen LogP contribution < -0.4 is 4.90 Å². The van der Waals surface area contributed by atoms with E-state index < -0.39 is 5.54 Å². The molecule has 0 radical (unpaired) electrons. The number of hydrogen-bond acceptors (Lipinski definition) is 2. The predicted octanol–water partition coefficient (Wildman–Crippen LogP) is 2.79. The number of hydrogen-bond donors (Lipinski definition) is 0. The third-order valence-corrected chi connectivity index (χ3v) is 4.30. The van der Waals surface area contributed by atoms with Crippen molar-refractivity contribution in [3.63, 3.8) is 0 Å². The molecule has 0 aromatic heterocycles. The molecule has 0 N–H and O–H groups in total. The van der Waals surface area contributed by atoms with Gasteiger partial charge in [0.15, 0.2) is 0 Å². The van der Waals surface area contributed by atoms with E-state index in [1.807, 2.05) is 30.3 Å². The fraction of sp³-hybridized carbons (Fsp3) is 0.467. The van der Waals surface area contributed by atoms with Crippen LogP contribution >= 0.6 is 0 Å². The molecule has 1 aliphatic heterocycles. The van der Waals surface area contributed by atoms with Crippen LogP contribution in [0.3, 0.4) is 0 Å². The zero-order valence-corrected chi connectivity index (χ0v) is 11.1. The van der Waals surface area contributed by atoms with E-state index in [1.165, 1.54) is 4.90 Å². The molecule has 1 saturated heterocycles. The molecule has 19 heavy (non-hydrogen) atoms. The van der Waals surface area contributed by atoms with Gasteiger partial charge in [-0.1, -0.05) is 37.5 Å². The first-order chi connectivity index (χ1) is 9.17. The fourth-order valence-electron chi connectivity index (χ4n) is 3.34. The van der Waals surface area contributed by atoms with Gasteiger partial charge in [-0.05, 0) is 25.0 Å². The summed E-state index contributed by atoms with van der Waals surface area (Å²) >= 11 is 0. The monoisotopic (exact) mass is 258 g/mol. The number of urea groups is 1. The Bertz CT molecular complexity index is 506. The highest BCUT2D eigenvalue weighted by Crippen LogP contribution is 2.42. The van der Waals surface area contributed by atoms with Gasteiger partial charge in [-0.3, -0.25) is 14.6 Å². The average Bonchev–Trinajstić information content (AvgIpc) is 2.63. The summed E-state index contributed by atoms with van der Waals surface area (Å²) < 4.78 is 0. The maximum absolute atomic E-state index is 12.5. The van der Waals surface area contributed by atoms with Gasteiger partial charge >= 0.3 is 6.03 Å². The second kappa shape index (κ2) is 4.37. The van der Waals surface area contributed by atoms with Gasteiger partial charge in [0.2, 0.25) is 0 Å².